The highest BCUT2D eigenvalue weighted by Gasteiger charge is 1.98. The Bertz CT molecular complexity index is 361. The van der Waals surface area contributed by atoms with E-state index in [0.717, 1.165) is 6.08 Å². The van der Waals surface area contributed by atoms with Gasteiger partial charge in [-0.05, 0) is 23.8 Å². The summed E-state index contributed by atoms with van der Waals surface area (Å²) >= 11 is 5.47. The maximum atomic E-state index is 12.6. The van der Waals surface area contributed by atoms with Crippen LogP contribution < -0.4 is 0 Å². The number of rotatable bonds is 2. The second-order valence-corrected chi connectivity index (χ2v) is 2.75. The van der Waals surface area contributed by atoms with Gasteiger partial charge in [-0.3, -0.25) is 0 Å². The zero-order valence-electron chi connectivity index (χ0n) is 6.50. The van der Waals surface area contributed by atoms with Gasteiger partial charge in [-0.1, -0.05) is 17.7 Å². The Labute approximate surface area is 79.3 Å². The summed E-state index contributed by atoms with van der Waals surface area (Å²) in [5.41, 5.74) is 0.550. The van der Waals surface area contributed by atoms with Gasteiger partial charge in [0.15, 0.2) is 0 Å². The van der Waals surface area contributed by atoms with Crippen LogP contribution in [0.1, 0.15) is 5.56 Å². The average molecular weight is 201 g/mol. The first-order valence-corrected chi connectivity index (χ1v) is 3.83. The Morgan fingerprint density at radius 1 is 1.54 bits per heavy atom. The van der Waals surface area contributed by atoms with Gasteiger partial charge in [0.2, 0.25) is 0 Å². The fourth-order valence-electron chi connectivity index (χ4n) is 0.784. The van der Waals surface area contributed by atoms with Gasteiger partial charge in [0.25, 0.3) is 0 Å². The van der Waals surface area contributed by atoms with Gasteiger partial charge in [-0.25, -0.2) is 9.18 Å². The quantitative estimate of drug-likeness (QED) is 0.745. The SMILES string of the molecule is O=C(O)/C=C\c1ccc(F)c(Cl)c1. The third kappa shape index (κ3) is 2.87. The molecule has 1 aromatic carbocycles. The number of carboxylic acid groups (broad SMARTS) is 1. The third-order valence-corrected chi connectivity index (χ3v) is 1.65. The molecule has 0 unspecified atom stereocenters. The number of carbonyl (C=O) groups is 1. The largest absolute Gasteiger partial charge is 0.478 e. The van der Waals surface area contributed by atoms with Crippen molar-refractivity contribution in [1.82, 2.24) is 0 Å². The molecular formula is C9H6ClFO2. The standard InChI is InChI=1S/C9H6ClFO2/c10-7-5-6(1-3-8(7)11)2-4-9(12)13/h1-5H,(H,12,13)/b4-2-. The zero-order valence-corrected chi connectivity index (χ0v) is 7.25. The number of benzene rings is 1. The van der Waals surface area contributed by atoms with E-state index in [1.807, 2.05) is 0 Å². The molecule has 0 spiro atoms. The van der Waals surface area contributed by atoms with Gasteiger partial charge >= 0.3 is 5.97 Å². The van der Waals surface area contributed by atoms with E-state index < -0.39 is 11.8 Å². The molecule has 4 heteroatoms. The van der Waals surface area contributed by atoms with Crippen molar-refractivity contribution in [2.45, 2.75) is 0 Å². The van der Waals surface area contributed by atoms with Gasteiger partial charge in [0.1, 0.15) is 5.82 Å². The van der Waals surface area contributed by atoms with Crippen molar-refractivity contribution < 1.29 is 14.3 Å². The van der Waals surface area contributed by atoms with E-state index in [1.165, 1.54) is 24.3 Å². The summed E-state index contributed by atoms with van der Waals surface area (Å²) < 4.78 is 12.6. The fraction of sp³-hybridized carbons (Fsp3) is 0. The van der Waals surface area contributed by atoms with Crippen molar-refractivity contribution in [3.05, 3.63) is 40.7 Å². The van der Waals surface area contributed by atoms with Crippen LogP contribution in [0.15, 0.2) is 24.3 Å². The van der Waals surface area contributed by atoms with Crippen molar-refractivity contribution in [1.29, 1.82) is 0 Å². The molecule has 1 aromatic rings. The number of hydrogen-bond donors (Lipinski definition) is 1. The molecule has 0 aromatic heterocycles. The summed E-state index contributed by atoms with van der Waals surface area (Å²) in [4.78, 5) is 10.1. The molecule has 2 nitrogen and oxygen atoms in total. The summed E-state index contributed by atoms with van der Waals surface area (Å²) in [6, 6.07) is 3.99. The fourth-order valence-corrected chi connectivity index (χ4v) is 0.973. The van der Waals surface area contributed by atoms with Gasteiger partial charge in [-0.2, -0.15) is 0 Å². The van der Waals surface area contributed by atoms with Crippen LogP contribution in [0.3, 0.4) is 0 Å². The second kappa shape index (κ2) is 4.05. The van der Waals surface area contributed by atoms with Crippen LogP contribution in [0.25, 0.3) is 6.08 Å². The van der Waals surface area contributed by atoms with Crippen molar-refractivity contribution in [2.24, 2.45) is 0 Å². The van der Waals surface area contributed by atoms with E-state index in [4.69, 9.17) is 16.7 Å². The van der Waals surface area contributed by atoms with Gasteiger partial charge < -0.3 is 5.11 Å². The van der Waals surface area contributed by atoms with Crippen molar-refractivity contribution in [3.63, 3.8) is 0 Å². The Hall–Kier alpha value is -1.35. The topological polar surface area (TPSA) is 37.3 Å². The molecule has 0 saturated carbocycles. The molecule has 0 fully saturated rings. The molecule has 0 amide bonds. The monoisotopic (exact) mass is 200 g/mol. The summed E-state index contributed by atoms with van der Waals surface area (Å²) in [5, 5.41) is 8.28. The van der Waals surface area contributed by atoms with E-state index in [-0.39, 0.29) is 5.02 Å². The first kappa shape index (κ1) is 9.74. The Balaban J connectivity index is 2.92. The zero-order chi connectivity index (χ0) is 9.84. The maximum absolute atomic E-state index is 12.6. The molecule has 0 bridgehead atoms. The lowest BCUT2D eigenvalue weighted by Gasteiger charge is -1.95. The van der Waals surface area contributed by atoms with E-state index >= 15 is 0 Å². The molecule has 0 radical (unpaired) electrons. The van der Waals surface area contributed by atoms with Crippen LogP contribution in [0.5, 0.6) is 0 Å². The highest BCUT2D eigenvalue weighted by Crippen LogP contribution is 2.16. The smallest absolute Gasteiger partial charge is 0.328 e. The van der Waals surface area contributed by atoms with Crippen molar-refractivity contribution in [3.8, 4) is 0 Å². The first-order valence-electron chi connectivity index (χ1n) is 3.45. The van der Waals surface area contributed by atoms with E-state index in [9.17, 15) is 9.18 Å². The van der Waals surface area contributed by atoms with Gasteiger partial charge in [-0.15, -0.1) is 0 Å². The number of carboxylic acids is 1. The summed E-state index contributed by atoms with van der Waals surface area (Å²) in [7, 11) is 0. The Kier molecular flexibility index (Phi) is 3.03. The molecule has 68 valence electrons. The molecule has 0 saturated heterocycles. The molecule has 1 N–H and O–H groups in total. The molecule has 1 rings (SSSR count). The first-order chi connectivity index (χ1) is 6.09. The number of halogens is 2. The lowest BCUT2D eigenvalue weighted by Crippen LogP contribution is -1.86. The van der Waals surface area contributed by atoms with E-state index in [2.05, 4.69) is 0 Å². The highest BCUT2D eigenvalue weighted by molar-refractivity contribution is 6.30. The van der Waals surface area contributed by atoms with Crippen molar-refractivity contribution >= 4 is 23.6 Å². The molecule has 0 aliphatic heterocycles. The minimum absolute atomic E-state index is 0.0208. The van der Waals surface area contributed by atoms with E-state index in [0.29, 0.717) is 5.56 Å². The predicted octanol–water partition coefficient (Wildman–Crippen LogP) is 2.58. The van der Waals surface area contributed by atoms with Crippen LogP contribution in [0.4, 0.5) is 4.39 Å². The lowest BCUT2D eigenvalue weighted by atomic mass is 10.2. The predicted molar refractivity (Wildman–Crippen MR) is 48.1 cm³/mol. The maximum Gasteiger partial charge on any atom is 0.328 e. The summed E-state index contributed by atoms with van der Waals surface area (Å²) in [5.74, 6) is -1.57. The van der Waals surface area contributed by atoms with Crippen LogP contribution in [-0.2, 0) is 4.79 Å². The normalized spacial score (nSPS) is 10.6. The third-order valence-electron chi connectivity index (χ3n) is 1.36. The second-order valence-electron chi connectivity index (χ2n) is 2.35. The Morgan fingerprint density at radius 3 is 2.77 bits per heavy atom. The molecule has 0 aliphatic rings. The number of aliphatic carboxylic acids is 1. The Morgan fingerprint density at radius 2 is 2.23 bits per heavy atom. The van der Waals surface area contributed by atoms with Crippen LogP contribution in [0, 0.1) is 5.82 Å². The van der Waals surface area contributed by atoms with Gasteiger partial charge in [0.05, 0.1) is 5.02 Å². The summed E-state index contributed by atoms with van der Waals surface area (Å²) in [6.07, 6.45) is 2.30. The minimum atomic E-state index is -1.06. The summed E-state index contributed by atoms with van der Waals surface area (Å²) in [6.45, 7) is 0. The average Bonchev–Trinajstić information content (AvgIpc) is 2.07. The van der Waals surface area contributed by atoms with Crippen LogP contribution >= 0.6 is 11.6 Å². The number of hydrogen-bond acceptors (Lipinski definition) is 1. The molecule has 0 atom stereocenters. The van der Waals surface area contributed by atoms with E-state index in [1.54, 1.807) is 0 Å². The molecule has 0 aliphatic carbocycles. The van der Waals surface area contributed by atoms with Crippen molar-refractivity contribution in [2.75, 3.05) is 0 Å². The molecule has 13 heavy (non-hydrogen) atoms. The molecule has 0 heterocycles. The minimum Gasteiger partial charge on any atom is -0.478 e. The lowest BCUT2D eigenvalue weighted by molar-refractivity contribution is -0.131. The van der Waals surface area contributed by atoms with Crippen LogP contribution in [-0.4, -0.2) is 11.1 Å². The van der Waals surface area contributed by atoms with Crippen LogP contribution in [0.2, 0.25) is 5.02 Å². The molecular weight excluding hydrogens is 195 g/mol. The highest BCUT2D eigenvalue weighted by atomic mass is 35.5. The van der Waals surface area contributed by atoms with Gasteiger partial charge in [0, 0.05) is 6.08 Å².